The molecular formula is C28H31N3O3. The van der Waals surface area contributed by atoms with Gasteiger partial charge in [-0.2, -0.15) is 0 Å². The van der Waals surface area contributed by atoms with Crippen LogP contribution in [0, 0.1) is 6.92 Å². The molecule has 2 amide bonds. The van der Waals surface area contributed by atoms with Crippen LogP contribution in [0.5, 0.6) is 5.75 Å². The Bertz CT molecular complexity index is 1120. The number of carbonyl (C=O) groups is 2. The molecular weight excluding hydrogens is 426 g/mol. The highest BCUT2D eigenvalue weighted by Crippen LogP contribution is 2.26. The number of likely N-dealkylation sites (tertiary alicyclic amines) is 1. The third-order valence-corrected chi connectivity index (χ3v) is 6.32. The maximum atomic E-state index is 13.1. The summed E-state index contributed by atoms with van der Waals surface area (Å²) in [5.41, 5.74) is 3.78. The Morgan fingerprint density at radius 2 is 1.62 bits per heavy atom. The first kappa shape index (κ1) is 23.5. The zero-order valence-corrected chi connectivity index (χ0v) is 19.7. The zero-order chi connectivity index (χ0) is 23.9. The molecule has 1 heterocycles. The first-order valence-electron chi connectivity index (χ1n) is 11.7. The van der Waals surface area contributed by atoms with Crippen LogP contribution >= 0.6 is 0 Å². The van der Waals surface area contributed by atoms with Crippen LogP contribution in [0.2, 0.25) is 0 Å². The Morgan fingerprint density at radius 1 is 0.912 bits per heavy atom. The van der Waals surface area contributed by atoms with Crippen molar-refractivity contribution in [1.82, 2.24) is 10.2 Å². The summed E-state index contributed by atoms with van der Waals surface area (Å²) in [5.74, 6) is 0.459. The van der Waals surface area contributed by atoms with Crippen molar-refractivity contribution in [3.63, 3.8) is 0 Å². The fourth-order valence-corrected chi connectivity index (χ4v) is 4.31. The third kappa shape index (κ3) is 5.64. The number of hydrogen-bond acceptors (Lipinski definition) is 4. The Kier molecular flexibility index (Phi) is 7.60. The van der Waals surface area contributed by atoms with Gasteiger partial charge in [0.1, 0.15) is 5.75 Å². The van der Waals surface area contributed by atoms with Crippen molar-refractivity contribution in [2.24, 2.45) is 0 Å². The van der Waals surface area contributed by atoms with Gasteiger partial charge >= 0.3 is 0 Å². The summed E-state index contributed by atoms with van der Waals surface area (Å²) in [7, 11) is 1.66. The molecule has 1 atom stereocenters. The number of ether oxygens (including phenoxy) is 1. The van der Waals surface area contributed by atoms with Crippen LogP contribution < -0.4 is 15.4 Å². The van der Waals surface area contributed by atoms with E-state index in [1.165, 1.54) is 12.8 Å². The van der Waals surface area contributed by atoms with Crippen molar-refractivity contribution in [1.29, 1.82) is 0 Å². The normalized spacial score (nSPS) is 14.4. The predicted molar refractivity (Wildman–Crippen MR) is 134 cm³/mol. The summed E-state index contributed by atoms with van der Waals surface area (Å²) in [6.07, 6.45) is 2.34. The zero-order valence-electron chi connectivity index (χ0n) is 19.7. The second-order valence-corrected chi connectivity index (χ2v) is 8.59. The summed E-state index contributed by atoms with van der Waals surface area (Å²) < 4.78 is 5.29. The summed E-state index contributed by atoms with van der Waals surface area (Å²) in [5, 5.41) is 6.04. The first-order valence-corrected chi connectivity index (χ1v) is 11.7. The number of hydrogen-bond donors (Lipinski definition) is 2. The summed E-state index contributed by atoms with van der Waals surface area (Å²) in [6, 6.07) is 22.6. The van der Waals surface area contributed by atoms with Gasteiger partial charge in [0.15, 0.2) is 0 Å². The van der Waals surface area contributed by atoms with Crippen LogP contribution in [0.1, 0.15) is 50.7 Å². The van der Waals surface area contributed by atoms with E-state index in [0.29, 0.717) is 23.4 Å². The largest absolute Gasteiger partial charge is 0.497 e. The molecule has 0 bridgehead atoms. The van der Waals surface area contributed by atoms with Crippen molar-refractivity contribution < 1.29 is 14.3 Å². The summed E-state index contributed by atoms with van der Waals surface area (Å²) in [4.78, 5) is 28.1. The SMILES string of the molecule is COc1ccc(C(CNC(=O)c2ccc(C)c(NC(=O)c3ccccc3)c2)N2CCCC2)cc1. The molecule has 3 aromatic rings. The Labute approximate surface area is 200 Å². The van der Waals surface area contributed by atoms with Gasteiger partial charge in [0.2, 0.25) is 0 Å². The Hall–Kier alpha value is -3.64. The number of anilines is 1. The number of amides is 2. The lowest BCUT2D eigenvalue weighted by atomic mass is 10.0. The lowest BCUT2D eigenvalue weighted by Gasteiger charge is -2.28. The Balaban J connectivity index is 1.46. The molecule has 1 unspecified atom stereocenters. The average molecular weight is 458 g/mol. The highest BCUT2D eigenvalue weighted by molar-refractivity contribution is 6.05. The molecule has 0 aliphatic carbocycles. The molecule has 34 heavy (non-hydrogen) atoms. The predicted octanol–water partition coefficient (Wildman–Crippen LogP) is 4.82. The van der Waals surface area contributed by atoms with Gasteiger partial charge in [-0.1, -0.05) is 36.4 Å². The average Bonchev–Trinajstić information content (AvgIpc) is 3.41. The second kappa shape index (κ2) is 11.0. The molecule has 1 aliphatic heterocycles. The molecule has 176 valence electrons. The van der Waals surface area contributed by atoms with Gasteiger partial charge in [0.25, 0.3) is 11.8 Å². The molecule has 0 spiro atoms. The van der Waals surface area contributed by atoms with E-state index in [0.717, 1.165) is 30.0 Å². The lowest BCUT2D eigenvalue weighted by Crippen LogP contribution is -2.36. The molecule has 1 saturated heterocycles. The molecule has 0 saturated carbocycles. The summed E-state index contributed by atoms with van der Waals surface area (Å²) in [6.45, 7) is 4.46. The van der Waals surface area contributed by atoms with Gasteiger partial charge in [-0.05, 0) is 80.4 Å². The molecule has 6 nitrogen and oxygen atoms in total. The van der Waals surface area contributed by atoms with Crippen LogP contribution in [-0.4, -0.2) is 43.5 Å². The standard InChI is InChI=1S/C28H31N3O3/c1-20-10-11-23(18-25(20)30-28(33)22-8-4-3-5-9-22)27(32)29-19-26(31-16-6-7-17-31)21-12-14-24(34-2)15-13-21/h3-5,8-15,18,26H,6-7,16-17,19H2,1-2H3,(H,29,32)(H,30,33). The fraction of sp³-hybridized carbons (Fsp3) is 0.286. The molecule has 0 radical (unpaired) electrons. The van der Waals surface area contributed by atoms with E-state index >= 15 is 0 Å². The minimum atomic E-state index is -0.199. The molecule has 0 aromatic heterocycles. The van der Waals surface area contributed by atoms with E-state index in [1.54, 1.807) is 31.4 Å². The number of rotatable bonds is 8. The molecule has 2 N–H and O–H groups in total. The van der Waals surface area contributed by atoms with Gasteiger partial charge in [-0.3, -0.25) is 14.5 Å². The van der Waals surface area contributed by atoms with Crippen LogP contribution in [0.4, 0.5) is 5.69 Å². The van der Waals surface area contributed by atoms with E-state index in [4.69, 9.17) is 4.74 Å². The highest BCUT2D eigenvalue weighted by atomic mass is 16.5. The van der Waals surface area contributed by atoms with Crippen molar-refractivity contribution in [2.75, 3.05) is 32.1 Å². The van der Waals surface area contributed by atoms with E-state index in [-0.39, 0.29) is 17.9 Å². The maximum absolute atomic E-state index is 13.1. The van der Waals surface area contributed by atoms with Crippen molar-refractivity contribution in [3.8, 4) is 5.75 Å². The number of benzene rings is 3. The van der Waals surface area contributed by atoms with Crippen LogP contribution in [0.15, 0.2) is 72.8 Å². The smallest absolute Gasteiger partial charge is 0.255 e. The highest BCUT2D eigenvalue weighted by Gasteiger charge is 2.24. The van der Waals surface area contributed by atoms with E-state index in [9.17, 15) is 9.59 Å². The number of nitrogens with one attached hydrogen (secondary N) is 2. The number of methoxy groups -OCH3 is 1. The van der Waals surface area contributed by atoms with Crippen molar-refractivity contribution in [2.45, 2.75) is 25.8 Å². The lowest BCUT2D eigenvalue weighted by molar-refractivity contribution is 0.0936. The number of nitrogens with zero attached hydrogens (tertiary/aromatic N) is 1. The van der Waals surface area contributed by atoms with Crippen LogP contribution in [0.25, 0.3) is 0 Å². The van der Waals surface area contributed by atoms with Crippen LogP contribution in [-0.2, 0) is 0 Å². The maximum Gasteiger partial charge on any atom is 0.255 e. The topological polar surface area (TPSA) is 70.7 Å². The minimum Gasteiger partial charge on any atom is -0.497 e. The van der Waals surface area contributed by atoms with Gasteiger partial charge in [0, 0.05) is 23.4 Å². The minimum absolute atomic E-state index is 0.0973. The molecule has 1 fully saturated rings. The fourth-order valence-electron chi connectivity index (χ4n) is 4.31. The third-order valence-electron chi connectivity index (χ3n) is 6.32. The molecule has 1 aliphatic rings. The van der Waals surface area contributed by atoms with Gasteiger partial charge < -0.3 is 15.4 Å². The molecule has 6 heteroatoms. The quantitative estimate of drug-likeness (QED) is 0.509. The second-order valence-electron chi connectivity index (χ2n) is 8.59. The van der Waals surface area contributed by atoms with Gasteiger partial charge in [-0.25, -0.2) is 0 Å². The summed E-state index contributed by atoms with van der Waals surface area (Å²) >= 11 is 0. The van der Waals surface area contributed by atoms with Gasteiger partial charge in [-0.15, -0.1) is 0 Å². The Morgan fingerprint density at radius 3 is 2.29 bits per heavy atom. The van der Waals surface area contributed by atoms with E-state index in [2.05, 4.69) is 27.7 Å². The first-order chi connectivity index (χ1) is 16.5. The van der Waals surface area contributed by atoms with E-state index < -0.39 is 0 Å². The van der Waals surface area contributed by atoms with E-state index in [1.807, 2.05) is 43.3 Å². The number of aryl methyl sites for hydroxylation is 1. The van der Waals surface area contributed by atoms with Crippen molar-refractivity contribution in [3.05, 3.63) is 95.1 Å². The van der Waals surface area contributed by atoms with Crippen molar-refractivity contribution >= 4 is 17.5 Å². The molecule has 4 rings (SSSR count). The monoisotopic (exact) mass is 457 g/mol. The van der Waals surface area contributed by atoms with Crippen LogP contribution in [0.3, 0.4) is 0 Å². The molecule has 3 aromatic carbocycles. The van der Waals surface area contributed by atoms with Gasteiger partial charge in [0.05, 0.1) is 13.2 Å². The number of carbonyl (C=O) groups excluding carboxylic acids is 2.